The molecule has 5 aromatic rings. The van der Waals surface area contributed by atoms with E-state index in [-0.39, 0.29) is 0 Å². The van der Waals surface area contributed by atoms with E-state index in [2.05, 4.69) is 103 Å². The molecule has 0 atom stereocenters. The lowest BCUT2D eigenvalue weighted by molar-refractivity contribution is 0.963. The molecule has 5 rings (SSSR count). The summed E-state index contributed by atoms with van der Waals surface area (Å²) in [5, 5.41) is 3.73. The standard InChI is InChI=1S/C27H21N/c1-2-8-20(9-3-1)14-15-24-18-22-11-4-5-12-23(22)19-25(24)27-17-16-21-10-6-7-13-26(21)28-27/h1-13,16-19H,14-15H2. The molecule has 1 heterocycles. The Kier molecular flexibility index (Phi) is 4.34. The van der Waals surface area contributed by atoms with Crippen molar-refractivity contribution in [2.75, 3.05) is 0 Å². The van der Waals surface area contributed by atoms with Crippen LogP contribution in [0.1, 0.15) is 11.1 Å². The highest BCUT2D eigenvalue weighted by Gasteiger charge is 2.10. The summed E-state index contributed by atoms with van der Waals surface area (Å²) in [5.41, 5.74) is 6.05. The summed E-state index contributed by atoms with van der Waals surface area (Å²) >= 11 is 0. The summed E-state index contributed by atoms with van der Waals surface area (Å²) in [4.78, 5) is 4.97. The van der Waals surface area contributed by atoms with Crippen LogP contribution in [0.3, 0.4) is 0 Å². The van der Waals surface area contributed by atoms with E-state index >= 15 is 0 Å². The van der Waals surface area contributed by atoms with Gasteiger partial charge < -0.3 is 0 Å². The van der Waals surface area contributed by atoms with Crippen molar-refractivity contribution >= 4 is 21.7 Å². The third kappa shape index (κ3) is 3.27. The Morgan fingerprint density at radius 2 is 1.21 bits per heavy atom. The van der Waals surface area contributed by atoms with Gasteiger partial charge in [0.05, 0.1) is 11.2 Å². The van der Waals surface area contributed by atoms with Gasteiger partial charge in [0.1, 0.15) is 0 Å². The molecule has 1 nitrogen and oxygen atoms in total. The smallest absolute Gasteiger partial charge is 0.0712 e. The first-order chi connectivity index (χ1) is 13.9. The number of pyridine rings is 1. The second kappa shape index (κ2) is 7.28. The minimum atomic E-state index is 0.999. The number of aromatic nitrogens is 1. The molecule has 4 aromatic carbocycles. The van der Waals surface area contributed by atoms with Crippen LogP contribution in [0.4, 0.5) is 0 Å². The Hall–Kier alpha value is -3.45. The molecule has 0 aliphatic heterocycles. The van der Waals surface area contributed by atoms with Crippen molar-refractivity contribution in [3.05, 3.63) is 114 Å². The number of nitrogens with zero attached hydrogens (tertiary/aromatic N) is 1. The van der Waals surface area contributed by atoms with Crippen molar-refractivity contribution in [2.24, 2.45) is 0 Å². The first-order valence-corrected chi connectivity index (χ1v) is 9.79. The van der Waals surface area contributed by atoms with Gasteiger partial charge in [-0.3, -0.25) is 0 Å². The van der Waals surface area contributed by atoms with E-state index in [1.54, 1.807) is 0 Å². The lowest BCUT2D eigenvalue weighted by Gasteiger charge is -2.13. The zero-order chi connectivity index (χ0) is 18.8. The van der Waals surface area contributed by atoms with Gasteiger partial charge in [-0.25, -0.2) is 4.98 Å². The van der Waals surface area contributed by atoms with Crippen molar-refractivity contribution < 1.29 is 0 Å². The van der Waals surface area contributed by atoms with Gasteiger partial charge in [0.15, 0.2) is 0 Å². The van der Waals surface area contributed by atoms with Gasteiger partial charge in [-0.2, -0.15) is 0 Å². The van der Waals surface area contributed by atoms with E-state index < -0.39 is 0 Å². The topological polar surface area (TPSA) is 12.9 Å². The van der Waals surface area contributed by atoms with E-state index in [9.17, 15) is 0 Å². The Balaban J connectivity index is 1.62. The van der Waals surface area contributed by atoms with Crippen LogP contribution in [0.15, 0.2) is 103 Å². The largest absolute Gasteiger partial charge is 0.248 e. The highest BCUT2D eigenvalue weighted by Crippen LogP contribution is 2.30. The van der Waals surface area contributed by atoms with Crippen LogP contribution in [0.25, 0.3) is 32.9 Å². The summed E-state index contributed by atoms with van der Waals surface area (Å²) in [5.74, 6) is 0. The van der Waals surface area contributed by atoms with E-state index in [1.807, 2.05) is 0 Å². The molecular weight excluding hydrogens is 338 g/mol. The molecule has 1 heteroatoms. The third-order valence-electron chi connectivity index (χ3n) is 5.37. The molecule has 0 aliphatic carbocycles. The van der Waals surface area contributed by atoms with Gasteiger partial charge in [-0.15, -0.1) is 0 Å². The first-order valence-electron chi connectivity index (χ1n) is 9.79. The number of para-hydroxylation sites is 1. The summed E-state index contributed by atoms with van der Waals surface area (Å²) in [6.45, 7) is 0. The maximum Gasteiger partial charge on any atom is 0.0712 e. The zero-order valence-electron chi connectivity index (χ0n) is 15.7. The van der Waals surface area contributed by atoms with Crippen molar-refractivity contribution in [1.29, 1.82) is 0 Å². The molecule has 0 saturated carbocycles. The highest BCUT2D eigenvalue weighted by molar-refractivity contribution is 5.90. The molecule has 0 aliphatic rings. The Labute approximate surface area is 165 Å². The minimum Gasteiger partial charge on any atom is -0.248 e. The van der Waals surface area contributed by atoms with Gasteiger partial charge in [0, 0.05) is 10.9 Å². The minimum absolute atomic E-state index is 0.999. The number of hydrogen-bond acceptors (Lipinski definition) is 1. The summed E-state index contributed by atoms with van der Waals surface area (Å²) < 4.78 is 0. The van der Waals surface area contributed by atoms with Gasteiger partial charge in [-0.05, 0) is 52.9 Å². The van der Waals surface area contributed by atoms with Crippen LogP contribution in [0, 0.1) is 0 Å². The van der Waals surface area contributed by atoms with E-state index in [0.29, 0.717) is 0 Å². The van der Waals surface area contributed by atoms with E-state index in [0.717, 1.165) is 24.1 Å². The number of aryl methyl sites for hydroxylation is 2. The van der Waals surface area contributed by atoms with Crippen molar-refractivity contribution in [2.45, 2.75) is 12.8 Å². The molecular formula is C27H21N. The monoisotopic (exact) mass is 359 g/mol. The van der Waals surface area contributed by atoms with Crippen LogP contribution >= 0.6 is 0 Å². The SMILES string of the molecule is c1ccc(CCc2cc3ccccc3cc2-c2ccc3ccccc3n2)cc1. The molecule has 0 unspecified atom stereocenters. The summed E-state index contributed by atoms with van der Waals surface area (Å²) in [6, 6.07) is 36.6. The number of hydrogen-bond donors (Lipinski definition) is 0. The Morgan fingerprint density at radius 1 is 0.536 bits per heavy atom. The molecule has 0 N–H and O–H groups in total. The molecule has 0 saturated heterocycles. The molecule has 1 aromatic heterocycles. The quantitative estimate of drug-likeness (QED) is 0.342. The van der Waals surface area contributed by atoms with Crippen LogP contribution in [0.2, 0.25) is 0 Å². The predicted molar refractivity (Wildman–Crippen MR) is 119 cm³/mol. The average Bonchev–Trinajstić information content (AvgIpc) is 2.77. The van der Waals surface area contributed by atoms with Crippen molar-refractivity contribution in [1.82, 2.24) is 4.98 Å². The fraction of sp³-hybridized carbons (Fsp3) is 0.0741. The van der Waals surface area contributed by atoms with E-state index in [1.165, 1.54) is 32.8 Å². The van der Waals surface area contributed by atoms with Gasteiger partial charge in [0.25, 0.3) is 0 Å². The summed E-state index contributed by atoms with van der Waals surface area (Å²) in [7, 11) is 0. The van der Waals surface area contributed by atoms with Gasteiger partial charge in [-0.1, -0.05) is 84.9 Å². The lowest BCUT2D eigenvalue weighted by Crippen LogP contribution is -1.96. The Bertz CT molecular complexity index is 1260. The summed E-state index contributed by atoms with van der Waals surface area (Å²) in [6.07, 6.45) is 2.03. The molecule has 0 spiro atoms. The normalized spacial score (nSPS) is 11.1. The average molecular weight is 359 g/mol. The fourth-order valence-electron chi connectivity index (χ4n) is 3.87. The van der Waals surface area contributed by atoms with Gasteiger partial charge >= 0.3 is 0 Å². The van der Waals surface area contributed by atoms with Crippen molar-refractivity contribution in [3.8, 4) is 11.3 Å². The molecule has 0 bridgehead atoms. The Morgan fingerprint density at radius 3 is 2.04 bits per heavy atom. The van der Waals surface area contributed by atoms with Crippen LogP contribution in [0.5, 0.6) is 0 Å². The van der Waals surface area contributed by atoms with E-state index in [4.69, 9.17) is 4.98 Å². The molecule has 134 valence electrons. The second-order valence-corrected chi connectivity index (χ2v) is 7.23. The first kappa shape index (κ1) is 16.7. The van der Waals surface area contributed by atoms with Crippen molar-refractivity contribution in [3.63, 3.8) is 0 Å². The predicted octanol–water partition coefficient (Wildman–Crippen LogP) is 6.84. The third-order valence-corrected chi connectivity index (χ3v) is 5.37. The molecule has 0 fully saturated rings. The number of fused-ring (bicyclic) bond motifs is 2. The molecule has 0 amide bonds. The van der Waals surface area contributed by atoms with Crippen LogP contribution in [-0.4, -0.2) is 4.98 Å². The fourth-order valence-corrected chi connectivity index (χ4v) is 3.87. The van der Waals surface area contributed by atoms with Crippen LogP contribution in [-0.2, 0) is 12.8 Å². The van der Waals surface area contributed by atoms with Gasteiger partial charge in [0.2, 0.25) is 0 Å². The molecule has 0 radical (unpaired) electrons. The second-order valence-electron chi connectivity index (χ2n) is 7.23. The maximum atomic E-state index is 4.97. The number of benzene rings is 4. The van der Waals surface area contributed by atoms with Crippen LogP contribution < -0.4 is 0 Å². The zero-order valence-corrected chi connectivity index (χ0v) is 15.7. The highest BCUT2D eigenvalue weighted by atomic mass is 14.7. The maximum absolute atomic E-state index is 4.97. The number of rotatable bonds is 4. The lowest BCUT2D eigenvalue weighted by atomic mass is 9.94. The molecule has 28 heavy (non-hydrogen) atoms.